The highest BCUT2D eigenvalue weighted by molar-refractivity contribution is 9.10. The molecule has 0 aliphatic carbocycles. The molecule has 12 nitrogen and oxygen atoms in total. The third-order valence-corrected chi connectivity index (χ3v) is 7.42. The summed E-state index contributed by atoms with van der Waals surface area (Å²) in [6, 6.07) is 7.79. The van der Waals surface area contributed by atoms with Crippen LogP contribution in [0.5, 0.6) is 5.75 Å². The Labute approximate surface area is 213 Å². The molecule has 0 spiro atoms. The van der Waals surface area contributed by atoms with Crippen LogP contribution in [0.4, 0.5) is 4.39 Å². The second-order valence-corrected chi connectivity index (χ2v) is 11.1. The first kappa shape index (κ1) is 28.2. The first-order chi connectivity index (χ1) is 16.8. The van der Waals surface area contributed by atoms with E-state index < -0.39 is 66.7 Å². The van der Waals surface area contributed by atoms with E-state index in [4.69, 9.17) is 18.5 Å². The van der Waals surface area contributed by atoms with E-state index in [2.05, 4.69) is 21.0 Å². The van der Waals surface area contributed by atoms with Crippen molar-refractivity contribution in [1.82, 2.24) is 14.6 Å². The minimum absolute atomic E-state index is 0.142. The minimum Gasteiger partial charge on any atom is -0.462 e. The monoisotopic (exact) mass is 593 g/mol. The van der Waals surface area contributed by atoms with Gasteiger partial charge in [-0.15, -0.1) is 0 Å². The number of rotatable bonds is 10. The Morgan fingerprint density at radius 3 is 2.58 bits per heavy atom. The van der Waals surface area contributed by atoms with E-state index in [1.54, 1.807) is 32.0 Å². The lowest BCUT2D eigenvalue weighted by Crippen LogP contribution is -2.41. The molecule has 2 heterocycles. The van der Waals surface area contributed by atoms with Gasteiger partial charge in [-0.05, 0) is 48.8 Å². The summed E-state index contributed by atoms with van der Waals surface area (Å²) in [5.74, 6) is -0.577. The zero-order chi connectivity index (χ0) is 26.7. The maximum absolute atomic E-state index is 15.3. The molecular weight excluding hydrogens is 568 g/mol. The van der Waals surface area contributed by atoms with Gasteiger partial charge in [0.05, 0.1) is 12.7 Å². The van der Waals surface area contributed by atoms with Crippen LogP contribution in [0.1, 0.15) is 27.0 Å². The smallest absolute Gasteiger partial charge is 0.459 e. The van der Waals surface area contributed by atoms with Gasteiger partial charge >= 0.3 is 19.4 Å². The predicted octanol–water partition coefficient (Wildman–Crippen LogP) is 1.99. The quantitative estimate of drug-likeness (QED) is 0.211. The van der Waals surface area contributed by atoms with E-state index in [0.717, 1.165) is 16.8 Å². The van der Waals surface area contributed by atoms with Crippen molar-refractivity contribution in [3.63, 3.8) is 0 Å². The normalized spacial score (nSPS) is 26.4. The zero-order valence-electron chi connectivity index (χ0n) is 19.5. The Kier molecular flexibility index (Phi) is 8.91. The number of hydrogen-bond acceptors (Lipinski definition) is 9. The maximum atomic E-state index is 15.3. The van der Waals surface area contributed by atoms with Crippen molar-refractivity contribution < 1.29 is 37.4 Å². The van der Waals surface area contributed by atoms with E-state index in [1.807, 2.05) is 4.98 Å². The topological polar surface area (TPSA) is 158 Å². The predicted molar refractivity (Wildman–Crippen MR) is 128 cm³/mol. The molecule has 1 saturated heterocycles. The minimum atomic E-state index is -4.32. The summed E-state index contributed by atoms with van der Waals surface area (Å²) < 4.78 is 48.5. The number of hydrogen-bond donors (Lipinski definition) is 3. The molecule has 2 aromatic rings. The summed E-state index contributed by atoms with van der Waals surface area (Å²) in [4.78, 5) is 37.7. The van der Waals surface area contributed by atoms with Crippen LogP contribution in [0.2, 0.25) is 0 Å². The molecule has 198 valence electrons. The summed E-state index contributed by atoms with van der Waals surface area (Å²) in [6.07, 6.45) is -4.46. The fourth-order valence-electron chi connectivity index (χ4n) is 3.22. The van der Waals surface area contributed by atoms with Crippen molar-refractivity contribution in [1.29, 1.82) is 0 Å². The number of nitrogens with zero attached hydrogens (tertiary/aromatic N) is 1. The lowest BCUT2D eigenvalue weighted by atomic mass is 10.1. The van der Waals surface area contributed by atoms with E-state index in [0.29, 0.717) is 0 Å². The van der Waals surface area contributed by atoms with Crippen LogP contribution >= 0.6 is 23.7 Å². The lowest BCUT2D eigenvalue weighted by molar-refractivity contribution is -0.149. The molecule has 6 atom stereocenters. The van der Waals surface area contributed by atoms with Crippen molar-refractivity contribution in [2.75, 3.05) is 6.61 Å². The van der Waals surface area contributed by atoms with Gasteiger partial charge in [0.25, 0.3) is 5.56 Å². The van der Waals surface area contributed by atoms with E-state index in [-0.39, 0.29) is 5.75 Å². The van der Waals surface area contributed by atoms with Crippen molar-refractivity contribution in [3.8, 4) is 5.75 Å². The SMILES string of the molecule is CC(C)OC(=O)[C@H](C)N[P@](=O)(OC[C@H]1OC(n2ccc(=O)[nH]c2=O)[C@@](F)(Br)[C@@H]1O)Oc1ccccc1. The number of nitrogens with one attached hydrogen (secondary N) is 2. The number of H-pyrrole nitrogens is 1. The number of benzene rings is 1. The molecule has 0 saturated carbocycles. The summed E-state index contributed by atoms with van der Waals surface area (Å²) in [5, 5.41) is 13.0. The summed E-state index contributed by atoms with van der Waals surface area (Å²) in [6.45, 7) is 4.01. The fraction of sp³-hybridized carbons (Fsp3) is 0.476. The highest BCUT2D eigenvalue weighted by atomic mass is 79.9. The molecule has 0 bridgehead atoms. The number of carbonyl (C=O) groups is 1. The number of carbonyl (C=O) groups excluding carboxylic acids is 1. The van der Waals surface area contributed by atoms with Crippen LogP contribution < -0.4 is 20.9 Å². The number of para-hydroxylation sites is 1. The van der Waals surface area contributed by atoms with Gasteiger partial charge in [-0.25, -0.2) is 13.8 Å². The Morgan fingerprint density at radius 2 is 1.97 bits per heavy atom. The van der Waals surface area contributed by atoms with E-state index >= 15 is 4.39 Å². The van der Waals surface area contributed by atoms with Crippen molar-refractivity contribution in [2.45, 2.75) is 55.9 Å². The van der Waals surface area contributed by atoms with Crippen LogP contribution in [-0.4, -0.2) is 56.2 Å². The van der Waals surface area contributed by atoms with Gasteiger partial charge in [-0.1, -0.05) is 18.2 Å². The average molecular weight is 594 g/mol. The van der Waals surface area contributed by atoms with Crippen LogP contribution in [0.25, 0.3) is 0 Å². The van der Waals surface area contributed by atoms with Gasteiger partial charge in [-0.2, -0.15) is 5.09 Å². The number of aliphatic hydroxyl groups excluding tert-OH is 1. The number of alkyl halides is 2. The molecule has 15 heteroatoms. The van der Waals surface area contributed by atoms with Crippen molar-refractivity contribution in [3.05, 3.63) is 63.4 Å². The Morgan fingerprint density at radius 1 is 1.31 bits per heavy atom. The molecule has 1 aliphatic heterocycles. The molecule has 3 rings (SSSR count). The van der Waals surface area contributed by atoms with Crippen LogP contribution in [0.3, 0.4) is 0 Å². The third-order valence-electron chi connectivity index (χ3n) is 4.92. The first-order valence-corrected chi connectivity index (χ1v) is 13.2. The molecule has 0 radical (unpaired) electrons. The van der Waals surface area contributed by atoms with E-state index in [1.165, 1.54) is 19.1 Å². The highest BCUT2D eigenvalue weighted by Crippen LogP contribution is 2.49. The molecule has 1 fully saturated rings. The average Bonchev–Trinajstić information content (AvgIpc) is 3.01. The zero-order valence-corrected chi connectivity index (χ0v) is 22.0. The molecule has 1 unspecified atom stereocenters. The number of halogens is 2. The molecule has 1 aromatic carbocycles. The van der Waals surface area contributed by atoms with Gasteiger partial charge < -0.3 is 19.1 Å². The third kappa shape index (κ3) is 6.69. The summed E-state index contributed by atoms with van der Waals surface area (Å²) >= 11 is 2.73. The Balaban J connectivity index is 1.80. The van der Waals surface area contributed by atoms with Gasteiger partial charge in [0.1, 0.15) is 24.0 Å². The lowest BCUT2D eigenvalue weighted by Gasteiger charge is -2.25. The molecular formula is C21H26BrFN3O9P. The molecule has 1 aromatic heterocycles. The Bertz CT molecular complexity index is 1220. The van der Waals surface area contributed by atoms with E-state index in [9.17, 15) is 24.1 Å². The van der Waals surface area contributed by atoms with Crippen LogP contribution in [0.15, 0.2) is 52.2 Å². The van der Waals surface area contributed by atoms with Gasteiger partial charge in [0.2, 0.25) is 4.58 Å². The fourth-order valence-corrected chi connectivity index (χ4v) is 5.35. The summed E-state index contributed by atoms with van der Waals surface area (Å²) in [7, 11) is -4.32. The highest BCUT2D eigenvalue weighted by Gasteiger charge is 2.57. The van der Waals surface area contributed by atoms with Gasteiger partial charge in [0, 0.05) is 12.3 Å². The van der Waals surface area contributed by atoms with Crippen molar-refractivity contribution in [2.24, 2.45) is 0 Å². The number of aromatic nitrogens is 2. The molecule has 36 heavy (non-hydrogen) atoms. The number of aromatic amines is 1. The van der Waals surface area contributed by atoms with Gasteiger partial charge in [-0.3, -0.25) is 23.7 Å². The second kappa shape index (κ2) is 11.4. The molecule has 0 amide bonds. The maximum Gasteiger partial charge on any atom is 0.459 e. The Hall–Kier alpha value is -2.35. The number of esters is 1. The first-order valence-electron chi connectivity index (χ1n) is 10.8. The number of aliphatic hydroxyl groups is 1. The second-order valence-electron chi connectivity index (χ2n) is 8.20. The van der Waals surface area contributed by atoms with Gasteiger partial charge in [0.15, 0.2) is 6.23 Å². The largest absolute Gasteiger partial charge is 0.462 e. The van der Waals surface area contributed by atoms with Crippen LogP contribution in [0, 0.1) is 0 Å². The van der Waals surface area contributed by atoms with Crippen molar-refractivity contribution >= 4 is 29.6 Å². The molecule has 1 aliphatic rings. The standard InChI is InChI=1S/C21H26BrFN3O9P/c1-12(2)33-18(29)13(3)25-36(31,35-14-7-5-4-6-8-14)32-11-15-17(28)21(22,23)19(34-15)26-10-9-16(27)24-20(26)30/h4-10,12-13,15,17,19,28H,11H2,1-3H3,(H,25,31)(H,24,27,30)/t13-,15+,17+,19?,21+,36-/m0/s1. The molecule has 3 N–H and O–H groups in total. The van der Waals surface area contributed by atoms with Crippen LogP contribution in [-0.2, 0) is 23.4 Å². The summed E-state index contributed by atoms with van der Waals surface area (Å²) in [5.41, 5.74) is -1.68. The number of ether oxygens (including phenoxy) is 2.